The second-order valence-corrected chi connectivity index (χ2v) is 8.04. The Kier molecular flexibility index (Phi) is 6.23. The lowest BCUT2D eigenvalue weighted by atomic mass is 9.82. The molecule has 1 N–H and O–H groups in total. The Hall–Kier alpha value is -2.86. The van der Waals surface area contributed by atoms with Gasteiger partial charge in [0.1, 0.15) is 11.3 Å². The minimum absolute atomic E-state index is 0.191. The molecule has 1 atom stereocenters. The molecule has 0 bridgehead atoms. The summed E-state index contributed by atoms with van der Waals surface area (Å²) in [7, 11) is 3.53. The molecule has 0 saturated carbocycles. The number of carbonyl (C=O) groups excluding carboxylic acids is 2. The van der Waals surface area contributed by atoms with Gasteiger partial charge >= 0.3 is 6.03 Å². The molecule has 3 amide bonds. The first kappa shape index (κ1) is 20.9. The van der Waals surface area contributed by atoms with Crippen LogP contribution in [0.25, 0.3) is 0 Å². The van der Waals surface area contributed by atoms with Crippen molar-refractivity contribution in [3.8, 4) is 5.75 Å². The number of rotatable bonds is 8. The molecule has 154 valence electrons. The van der Waals surface area contributed by atoms with E-state index >= 15 is 0 Å². The van der Waals surface area contributed by atoms with Gasteiger partial charge in [-0.05, 0) is 42.6 Å². The lowest BCUT2D eigenvalue weighted by Crippen LogP contribution is -2.46. The monoisotopic (exact) mass is 395 g/mol. The van der Waals surface area contributed by atoms with Gasteiger partial charge in [0.05, 0.1) is 13.8 Å². The summed E-state index contributed by atoms with van der Waals surface area (Å²) in [6.45, 7) is 4.96. The second kappa shape index (κ2) is 8.66. The van der Waals surface area contributed by atoms with E-state index in [-0.39, 0.29) is 24.5 Å². The van der Waals surface area contributed by atoms with Gasteiger partial charge in [-0.15, -0.1) is 0 Å². The Morgan fingerprint density at radius 3 is 2.31 bits per heavy atom. The second-order valence-electron chi connectivity index (χ2n) is 8.04. The lowest BCUT2D eigenvalue weighted by molar-refractivity contribution is -0.133. The normalized spacial score (nSPS) is 19.2. The Morgan fingerprint density at radius 2 is 1.72 bits per heavy atom. The van der Waals surface area contributed by atoms with Gasteiger partial charge in [0.2, 0.25) is 0 Å². The van der Waals surface area contributed by atoms with Gasteiger partial charge in [0.25, 0.3) is 5.91 Å². The number of benzene rings is 2. The van der Waals surface area contributed by atoms with Crippen LogP contribution >= 0.6 is 0 Å². The van der Waals surface area contributed by atoms with E-state index in [0.29, 0.717) is 13.0 Å². The summed E-state index contributed by atoms with van der Waals surface area (Å²) in [4.78, 5) is 29.5. The van der Waals surface area contributed by atoms with Crippen LogP contribution in [0.4, 0.5) is 4.79 Å². The van der Waals surface area contributed by atoms with Crippen LogP contribution in [0, 0.1) is 5.92 Å². The minimum atomic E-state index is -1.01. The maximum atomic E-state index is 13.4. The molecule has 0 aromatic heterocycles. The molecule has 1 aliphatic rings. The number of methoxy groups -OCH3 is 1. The van der Waals surface area contributed by atoms with E-state index in [2.05, 4.69) is 19.2 Å². The molecule has 3 rings (SSSR count). The molecule has 1 saturated heterocycles. The van der Waals surface area contributed by atoms with Gasteiger partial charge in [-0.3, -0.25) is 9.69 Å². The number of carbonyl (C=O) groups is 2. The number of ether oxygens (including phenoxy) is 1. The zero-order chi connectivity index (χ0) is 21.0. The van der Waals surface area contributed by atoms with Gasteiger partial charge in [-0.25, -0.2) is 9.69 Å². The van der Waals surface area contributed by atoms with Crippen molar-refractivity contribution < 1.29 is 14.3 Å². The quantitative estimate of drug-likeness (QED) is 0.694. The molecule has 0 radical (unpaired) electrons. The maximum absolute atomic E-state index is 13.4. The summed E-state index contributed by atoms with van der Waals surface area (Å²) in [6.07, 6.45) is 0.556. The van der Waals surface area contributed by atoms with Crippen LogP contribution in [0.1, 0.15) is 31.4 Å². The smallest absolute Gasteiger partial charge is 0.326 e. The fraction of sp³-hybridized carbons (Fsp3) is 0.391. The van der Waals surface area contributed by atoms with Crippen LogP contribution in [0.5, 0.6) is 5.75 Å². The number of hydrogen-bond donors (Lipinski definition) is 1. The summed E-state index contributed by atoms with van der Waals surface area (Å²) in [5.41, 5.74) is 0.900. The number of urea groups is 1. The third kappa shape index (κ3) is 4.43. The van der Waals surface area contributed by atoms with Crippen LogP contribution < -0.4 is 10.1 Å². The summed E-state index contributed by atoms with van der Waals surface area (Å²) < 4.78 is 5.19. The lowest BCUT2D eigenvalue weighted by Gasteiger charge is -2.29. The van der Waals surface area contributed by atoms with E-state index in [0.717, 1.165) is 16.9 Å². The number of amides is 3. The van der Waals surface area contributed by atoms with Gasteiger partial charge in [-0.2, -0.15) is 0 Å². The highest BCUT2D eigenvalue weighted by Crippen LogP contribution is 2.35. The summed E-state index contributed by atoms with van der Waals surface area (Å²) in [5, 5.41) is 2.99. The number of hydrogen-bond acceptors (Lipinski definition) is 4. The Labute approximate surface area is 172 Å². The summed E-state index contributed by atoms with van der Waals surface area (Å²) in [5.74, 6) is 0.854. The molecule has 1 heterocycles. The third-order valence-corrected chi connectivity index (χ3v) is 5.15. The molecule has 0 unspecified atom stereocenters. The molecule has 0 spiro atoms. The number of imide groups is 1. The highest BCUT2D eigenvalue weighted by molar-refractivity contribution is 6.07. The van der Waals surface area contributed by atoms with Crippen LogP contribution in [-0.2, 0) is 16.9 Å². The zero-order valence-corrected chi connectivity index (χ0v) is 17.5. The molecule has 6 nitrogen and oxygen atoms in total. The Morgan fingerprint density at radius 1 is 1.07 bits per heavy atom. The molecule has 6 heteroatoms. The molecule has 2 aromatic rings. The SMILES string of the molecule is COc1ccc(CN(C)CN2C(=O)N[C@@](CC(C)C)(c3ccccc3)C2=O)cc1. The molecular formula is C23H29N3O3. The molecule has 29 heavy (non-hydrogen) atoms. The number of nitrogens with one attached hydrogen (secondary N) is 1. The first-order valence-electron chi connectivity index (χ1n) is 9.87. The van der Waals surface area contributed by atoms with Gasteiger partial charge in [0, 0.05) is 6.54 Å². The van der Waals surface area contributed by atoms with E-state index in [1.54, 1.807) is 7.11 Å². The van der Waals surface area contributed by atoms with Crippen molar-refractivity contribution in [3.05, 3.63) is 65.7 Å². The highest BCUT2D eigenvalue weighted by atomic mass is 16.5. The van der Waals surface area contributed by atoms with Crippen LogP contribution in [0.2, 0.25) is 0 Å². The van der Waals surface area contributed by atoms with Gasteiger partial charge < -0.3 is 10.1 Å². The van der Waals surface area contributed by atoms with E-state index in [9.17, 15) is 9.59 Å². The molecule has 0 aliphatic carbocycles. The predicted molar refractivity (Wildman–Crippen MR) is 112 cm³/mol. The molecule has 1 fully saturated rings. The topological polar surface area (TPSA) is 61.9 Å². The zero-order valence-electron chi connectivity index (χ0n) is 17.5. The largest absolute Gasteiger partial charge is 0.497 e. The fourth-order valence-electron chi connectivity index (χ4n) is 3.88. The van der Waals surface area contributed by atoms with Crippen molar-refractivity contribution in [3.63, 3.8) is 0 Å². The van der Waals surface area contributed by atoms with Crippen molar-refractivity contribution in [1.82, 2.24) is 15.1 Å². The molecular weight excluding hydrogens is 366 g/mol. The summed E-state index contributed by atoms with van der Waals surface area (Å²) >= 11 is 0. The Bertz CT molecular complexity index is 851. The van der Waals surface area contributed by atoms with E-state index < -0.39 is 5.54 Å². The van der Waals surface area contributed by atoms with Crippen LogP contribution in [0.3, 0.4) is 0 Å². The van der Waals surface area contributed by atoms with Gasteiger partial charge in [-0.1, -0.05) is 56.3 Å². The van der Waals surface area contributed by atoms with Crippen molar-refractivity contribution in [2.24, 2.45) is 5.92 Å². The predicted octanol–water partition coefficient (Wildman–Crippen LogP) is 3.58. The Balaban J connectivity index is 1.77. The average Bonchev–Trinajstić information content (AvgIpc) is 2.93. The first-order valence-corrected chi connectivity index (χ1v) is 9.87. The third-order valence-electron chi connectivity index (χ3n) is 5.15. The number of nitrogens with zero attached hydrogens (tertiary/aromatic N) is 2. The fourth-order valence-corrected chi connectivity index (χ4v) is 3.88. The summed E-state index contributed by atoms with van der Waals surface area (Å²) in [6, 6.07) is 16.9. The highest BCUT2D eigenvalue weighted by Gasteiger charge is 2.52. The molecule has 1 aliphatic heterocycles. The van der Waals surface area contributed by atoms with Crippen LogP contribution in [0.15, 0.2) is 54.6 Å². The standard InChI is InChI=1S/C23H29N3O3/c1-17(2)14-23(19-8-6-5-7-9-19)21(27)26(22(28)24-23)16-25(3)15-18-10-12-20(29-4)13-11-18/h5-13,17H,14-16H2,1-4H3,(H,24,28)/t23-/m0/s1. The van der Waals surface area contributed by atoms with Crippen molar-refractivity contribution in [2.75, 3.05) is 20.8 Å². The van der Waals surface area contributed by atoms with Crippen molar-refractivity contribution >= 4 is 11.9 Å². The van der Waals surface area contributed by atoms with Gasteiger partial charge in [0.15, 0.2) is 0 Å². The van der Waals surface area contributed by atoms with Crippen molar-refractivity contribution in [2.45, 2.75) is 32.4 Å². The molecule has 2 aromatic carbocycles. The van der Waals surface area contributed by atoms with E-state index in [1.165, 1.54) is 4.90 Å². The maximum Gasteiger partial charge on any atom is 0.326 e. The van der Waals surface area contributed by atoms with Crippen LogP contribution in [-0.4, -0.2) is 42.6 Å². The van der Waals surface area contributed by atoms with E-state index in [4.69, 9.17) is 4.74 Å². The average molecular weight is 396 g/mol. The van der Waals surface area contributed by atoms with Crippen molar-refractivity contribution in [1.29, 1.82) is 0 Å². The van der Waals surface area contributed by atoms with E-state index in [1.807, 2.05) is 66.5 Å². The minimum Gasteiger partial charge on any atom is -0.497 e. The first-order chi connectivity index (χ1) is 13.9.